The second-order valence-electron chi connectivity index (χ2n) is 9.28. The van der Waals surface area contributed by atoms with Gasteiger partial charge in [0.05, 0.1) is 6.04 Å². The summed E-state index contributed by atoms with van der Waals surface area (Å²) in [6.07, 6.45) is -23.9. The van der Waals surface area contributed by atoms with E-state index in [-0.39, 0.29) is 29.2 Å². The normalized spacial score (nSPS) is 14.8. The van der Waals surface area contributed by atoms with Crippen LogP contribution in [-0.2, 0) is 5.92 Å². The Labute approximate surface area is 244 Å². The zero-order valence-electron chi connectivity index (χ0n) is 21.9. The zero-order chi connectivity index (χ0) is 34.0. The van der Waals surface area contributed by atoms with Crippen molar-refractivity contribution in [2.75, 3.05) is 6.54 Å². The molecule has 3 aromatic rings. The summed E-state index contributed by atoms with van der Waals surface area (Å²) < 4.78 is 194. The average molecular weight is 671 g/mol. The van der Waals surface area contributed by atoms with E-state index in [1.807, 2.05) is 0 Å². The Morgan fingerprint density at radius 1 is 0.667 bits per heavy atom. The quantitative estimate of drug-likeness (QED) is 0.190. The summed E-state index contributed by atoms with van der Waals surface area (Å²) in [5, 5.41) is 11.6. The summed E-state index contributed by atoms with van der Waals surface area (Å²) in [4.78, 5) is 0. The lowest BCUT2D eigenvalue weighted by atomic mass is 9.93. The molecule has 0 aromatic heterocycles. The van der Waals surface area contributed by atoms with E-state index >= 15 is 0 Å². The van der Waals surface area contributed by atoms with Gasteiger partial charge in [-0.3, -0.25) is 0 Å². The molecule has 3 rings (SSSR count). The topological polar surface area (TPSA) is 50.7 Å². The van der Waals surface area contributed by atoms with E-state index in [0.717, 1.165) is 42.5 Å². The maximum absolute atomic E-state index is 14.4. The Morgan fingerprint density at radius 2 is 1.18 bits per heavy atom. The van der Waals surface area contributed by atoms with E-state index in [4.69, 9.17) is 4.74 Å². The fraction of sp³-hybridized carbons (Fsp3) is 0.333. The lowest BCUT2D eigenvalue weighted by molar-refractivity contribution is -0.359. The number of aliphatic hydroxyl groups excluding tert-OH is 1. The zero-order valence-corrected chi connectivity index (χ0v) is 21.9. The van der Waals surface area contributed by atoms with Gasteiger partial charge in [-0.1, -0.05) is 36.4 Å². The summed E-state index contributed by atoms with van der Waals surface area (Å²) in [6, 6.07) is 8.79. The van der Waals surface area contributed by atoms with E-state index in [1.54, 1.807) is 0 Å². The third-order valence-corrected chi connectivity index (χ3v) is 5.97. The van der Waals surface area contributed by atoms with Crippen LogP contribution in [0.3, 0.4) is 0 Å². The SMILES string of the molecule is O[C@H](CNC(c1cccc(Oc2cccc(OC(F)(F)C(F)F)c2)c1)c1cccc(C(F)(F)C(F)(F)C(F)(F)F)c1)C(F)(F)F. The number of halogens is 14. The Morgan fingerprint density at radius 3 is 1.73 bits per heavy atom. The molecular formula is C27H19F14NO3. The Kier molecular flexibility index (Phi) is 10.2. The minimum Gasteiger partial charge on any atom is -0.457 e. The second kappa shape index (κ2) is 12.9. The van der Waals surface area contributed by atoms with Crippen LogP contribution in [0.25, 0.3) is 0 Å². The van der Waals surface area contributed by atoms with Gasteiger partial charge in [-0.2, -0.15) is 61.5 Å². The van der Waals surface area contributed by atoms with Gasteiger partial charge >= 0.3 is 36.7 Å². The van der Waals surface area contributed by atoms with E-state index in [0.29, 0.717) is 6.07 Å². The van der Waals surface area contributed by atoms with E-state index < -0.39 is 72.3 Å². The highest BCUT2D eigenvalue weighted by molar-refractivity contribution is 5.42. The standard InChI is InChI=1S/C27H19F14NO3/c28-22(29)25(35,36)45-19-9-3-8-18(12-19)44-17-7-2-5-15(11-17)21(42-13-20(43)24(32,33)34)14-4-1-6-16(10-14)23(30,31)26(37,38)27(39,40)41/h1-12,20-22,42-43H,13H2/t20-,21?/m1/s1. The molecule has 0 saturated carbocycles. The van der Waals surface area contributed by atoms with E-state index in [1.165, 1.54) is 12.1 Å². The van der Waals surface area contributed by atoms with Crippen molar-refractivity contribution in [3.05, 3.63) is 89.5 Å². The molecule has 2 atom stereocenters. The number of rotatable bonds is 12. The number of aliphatic hydroxyl groups is 1. The van der Waals surface area contributed by atoms with Crippen molar-refractivity contribution in [3.8, 4) is 17.2 Å². The van der Waals surface area contributed by atoms with Gasteiger partial charge in [0.1, 0.15) is 17.2 Å². The molecule has 0 bridgehead atoms. The maximum Gasteiger partial charge on any atom is 0.461 e. The highest BCUT2D eigenvalue weighted by Crippen LogP contribution is 2.52. The molecule has 3 aromatic carbocycles. The number of nitrogens with one attached hydrogen (secondary N) is 1. The van der Waals surface area contributed by atoms with Crippen LogP contribution >= 0.6 is 0 Å². The molecule has 45 heavy (non-hydrogen) atoms. The van der Waals surface area contributed by atoms with Crippen LogP contribution in [0.5, 0.6) is 17.2 Å². The molecular weight excluding hydrogens is 652 g/mol. The highest BCUT2D eigenvalue weighted by atomic mass is 19.4. The highest BCUT2D eigenvalue weighted by Gasteiger charge is 2.73. The first-order chi connectivity index (χ1) is 20.6. The first kappa shape index (κ1) is 35.7. The van der Waals surface area contributed by atoms with Gasteiger partial charge < -0.3 is 19.9 Å². The molecule has 1 unspecified atom stereocenters. The molecule has 0 radical (unpaired) electrons. The monoisotopic (exact) mass is 671 g/mol. The fourth-order valence-corrected chi connectivity index (χ4v) is 3.74. The molecule has 0 amide bonds. The van der Waals surface area contributed by atoms with Crippen LogP contribution in [-0.4, -0.2) is 48.6 Å². The average Bonchev–Trinajstić information content (AvgIpc) is 2.92. The van der Waals surface area contributed by atoms with Gasteiger partial charge in [0.15, 0.2) is 6.10 Å². The third kappa shape index (κ3) is 8.27. The van der Waals surface area contributed by atoms with Crippen LogP contribution in [0.1, 0.15) is 22.7 Å². The lowest BCUT2D eigenvalue weighted by Crippen LogP contribution is -2.50. The van der Waals surface area contributed by atoms with Crippen molar-refractivity contribution in [2.45, 2.75) is 48.9 Å². The Bertz CT molecular complexity index is 1440. The second-order valence-corrected chi connectivity index (χ2v) is 9.28. The predicted molar refractivity (Wildman–Crippen MR) is 128 cm³/mol. The smallest absolute Gasteiger partial charge is 0.457 e. The molecule has 4 nitrogen and oxygen atoms in total. The van der Waals surface area contributed by atoms with Crippen LogP contribution in [0.15, 0.2) is 72.8 Å². The Hall–Kier alpha value is -3.80. The molecule has 0 heterocycles. The van der Waals surface area contributed by atoms with Gasteiger partial charge in [-0.25, -0.2) is 0 Å². The summed E-state index contributed by atoms with van der Waals surface area (Å²) in [5.74, 6) is -13.6. The van der Waals surface area contributed by atoms with Crippen LogP contribution < -0.4 is 14.8 Å². The van der Waals surface area contributed by atoms with E-state index in [2.05, 4.69) is 10.1 Å². The third-order valence-electron chi connectivity index (χ3n) is 5.97. The number of benzene rings is 3. The number of hydrogen-bond donors (Lipinski definition) is 2. The van der Waals surface area contributed by atoms with Crippen molar-refractivity contribution >= 4 is 0 Å². The van der Waals surface area contributed by atoms with Gasteiger partial charge in [0.25, 0.3) is 0 Å². The summed E-state index contributed by atoms with van der Waals surface area (Å²) in [7, 11) is 0. The first-order valence-electron chi connectivity index (χ1n) is 12.2. The molecule has 0 aliphatic heterocycles. The largest absolute Gasteiger partial charge is 0.461 e. The van der Waals surface area contributed by atoms with Crippen LogP contribution in [0.2, 0.25) is 0 Å². The lowest BCUT2D eigenvalue weighted by Gasteiger charge is -2.29. The van der Waals surface area contributed by atoms with Gasteiger partial charge in [-0.15, -0.1) is 0 Å². The molecule has 0 spiro atoms. The number of hydrogen-bond acceptors (Lipinski definition) is 4. The minimum absolute atomic E-state index is 0.165. The molecule has 0 aliphatic carbocycles. The van der Waals surface area contributed by atoms with Gasteiger partial charge in [-0.05, 0) is 41.5 Å². The number of alkyl halides is 14. The Balaban J connectivity index is 2.01. The van der Waals surface area contributed by atoms with Gasteiger partial charge in [0, 0.05) is 18.2 Å². The molecule has 0 saturated heterocycles. The molecule has 0 aliphatic rings. The number of ether oxygens (including phenoxy) is 2. The van der Waals surface area contributed by atoms with Crippen molar-refractivity contribution in [3.63, 3.8) is 0 Å². The van der Waals surface area contributed by atoms with Crippen LogP contribution in [0.4, 0.5) is 61.5 Å². The summed E-state index contributed by atoms with van der Waals surface area (Å²) >= 11 is 0. The predicted octanol–water partition coefficient (Wildman–Crippen LogP) is 8.61. The van der Waals surface area contributed by atoms with Crippen molar-refractivity contribution in [1.82, 2.24) is 5.32 Å². The fourth-order valence-electron chi connectivity index (χ4n) is 3.74. The van der Waals surface area contributed by atoms with E-state index in [9.17, 15) is 66.6 Å². The van der Waals surface area contributed by atoms with Crippen LogP contribution in [0, 0.1) is 0 Å². The summed E-state index contributed by atoms with van der Waals surface area (Å²) in [6.45, 7) is -1.31. The molecule has 2 N–H and O–H groups in total. The molecule has 0 fully saturated rings. The minimum atomic E-state index is -6.68. The van der Waals surface area contributed by atoms with Crippen molar-refractivity contribution in [1.29, 1.82) is 0 Å². The first-order valence-corrected chi connectivity index (χ1v) is 12.2. The molecule has 248 valence electrons. The summed E-state index contributed by atoms with van der Waals surface area (Å²) in [5.41, 5.74) is -2.54. The van der Waals surface area contributed by atoms with Gasteiger partial charge in [0.2, 0.25) is 0 Å². The van der Waals surface area contributed by atoms with Crippen molar-refractivity contribution < 1.29 is 76.0 Å². The maximum atomic E-state index is 14.4. The molecule has 18 heteroatoms. The van der Waals surface area contributed by atoms with Crippen molar-refractivity contribution in [2.24, 2.45) is 0 Å².